The zero-order chi connectivity index (χ0) is 20.9. The average molecular weight is 405 g/mol. The molecule has 0 radical (unpaired) electrons. The van der Waals surface area contributed by atoms with Crippen LogP contribution in [0, 0.1) is 0 Å². The Morgan fingerprint density at radius 1 is 1.36 bits per heavy atom. The minimum atomic E-state index is -4.49. The molecule has 2 unspecified atom stereocenters. The van der Waals surface area contributed by atoms with Crippen LogP contribution in [0.2, 0.25) is 0 Å². The Bertz CT molecular complexity index is 714. The summed E-state index contributed by atoms with van der Waals surface area (Å²) in [4.78, 5) is 27.1. The molecule has 0 aliphatic carbocycles. The fourth-order valence-electron chi connectivity index (χ4n) is 2.39. The van der Waals surface area contributed by atoms with Gasteiger partial charge in [-0.25, -0.2) is 4.79 Å². The van der Waals surface area contributed by atoms with Gasteiger partial charge in [-0.2, -0.15) is 13.2 Å². The summed E-state index contributed by atoms with van der Waals surface area (Å²) < 4.78 is 42.5. The van der Waals surface area contributed by atoms with Crippen LogP contribution in [0.5, 0.6) is 0 Å². The molecule has 1 aromatic carbocycles. The summed E-state index contributed by atoms with van der Waals surface area (Å²) in [7, 11) is 2.47. The highest BCUT2D eigenvalue weighted by Crippen LogP contribution is 2.38. The van der Waals surface area contributed by atoms with E-state index < -0.39 is 25.0 Å². The Hall–Kier alpha value is -2.21. The first kappa shape index (κ1) is 22.1. The standard InChI is InChI=1S/C17H22F3N3O5/c1-5-11(2)22-23(27-10-17(18,19)20)15(28-22)13-8-6-7-12(9-13)14(21-26-4)16(24)25-3/h6-9,11,15H,5,10H2,1-4H3. The fourth-order valence-corrected chi connectivity index (χ4v) is 2.39. The molecule has 11 heteroatoms. The number of ether oxygens (including phenoxy) is 1. The predicted octanol–water partition coefficient (Wildman–Crippen LogP) is 2.97. The van der Waals surface area contributed by atoms with Gasteiger partial charge in [0.2, 0.25) is 0 Å². The molecular weight excluding hydrogens is 383 g/mol. The van der Waals surface area contributed by atoms with E-state index in [0.717, 1.165) is 5.17 Å². The van der Waals surface area contributed by atoms with Gasteiger partial charge in [-0.15, -0.1) is 0 Å². The Morgan fingerprint density at radius 3 is 2.64 bits per heavy atom. The SMILES string of the molecule is CCC(C)N1OC(c2cccc(C(=NOC)C(=O)OC)c2)N1OCC(F)(F)F. The lowest BCUT2D eigenvalue weighted by Crippen LogP contribution is -2.60. The van der Waals surface area contributed by atoms with Crippen LogP contribution in [0.3, 0.4) is 0 Å². The molecular formula is C17H22F3N3O5. The molecule has 0 aromatic heterocycles. The lowest BCUT2D eigenvalue weighted by Gasteiger charge is -2.50. The number of hydrogen-bond acceptors (Lipinski definition) is 8. The van der Waals surface area contributed by atoms with Crippen LogP contribution < -0.4 is 0 Å². The summed E-state index contributed by atoms with van der Waals surface area (Å²) >= 11 is 0. The number of esters is 1. The van der Waals surface area contributed by atoms with Crippen molar-refractivity contribution in [2.45, 2.75) is 38.7 Å². The lowest BCUT2D eigenvalue weighted by atomic mass is 10.1. The second kappa shape index (κ2) is 9.32. The summed E-state index contributed by atoms with van der Waals surface area (Å²) in [5, 5.41) is 5.93. The maximum atomic E-state index is 12.6. The largest absolute Gasteiger partial charge is 0.464 e. The number of hydrazine groups is 1. The van der Waals surface area contributed by atoms with Crippen LogP contribution >= 0.6 is 0 Å². The maximum absolute atomic E-state index is 12.6. The zero-order valence-corrected chi connectivity index (χ0v) is 15.9. The molecule has 0 N–H and O–H groups in total. The first-order valence-corrected chi connectivity index (χ1v) is 8.46. The third-order valence-corrected chi connectivity index (χ3v) is 3.94. The van der Waals surface area contributed by atoms with Crippen molar-refractivity contribution in [1.29, 1.82) is 0 Å². The first-order chi connectivity index (χ1) is 13.2. The quantitative estimate of drug-likeness (QED) is 0.374. The number of hydrogen-bond donors (Lipinski definition) is 0. The molecule has 1 saturated heterocycles. The number of hydroxylamine groups is 2. The second-order valence-corrected chi connectivity index (χ2v) is 5.95. The highest BCUT2D eigenvalue weighted by molar-refractivity contribution is 6.43. The van der Waals surface area contributed by atoms with Gasteiger partial charge in [-0.1, -0.05) is 40.6 Å². The van der Waals surface area contributed by atoms with Gasteiger partial charge < -0.3 is 9.57 Å². The van der Waals surface area contributed by atoms with E-state index in [4.69, 9.17) is 9.68 Å². The summed E-state index contributed by atoms with van der Waals surface area (Å²) in [6.07, 6.45) is -4.78. The number of carbonyl (C=O) groups is 1. The lowest BCUT2D eigenvalue weighted by molar-refractivity contribution is -0.587. The van der Waals surface area contributed by atoms with Crippen molar-refractivity contribution in [3.63, 3.8) is 0 Å². The Kier molecular flexibility index (Phi) is 7.35. The number of oxime groups is 1. The summed E-state index contributed by atoms with van der Waals surface area (Å²) in [6.45, 7) is 2.20. The molecule has 1 fully saturated rings. The van der Waals surface area contributed by atoms with Gasteiger partial charge in [-0.3, -0.25) is 9.68 Å². The minimum absolute atomic E-state index is 0.0901. The van der Waals surface area contributed by atoms with Crippen molar-refractivity contribution in [3.8, 4) is 0 Å². The van der Waals surface area contributed by atoms with E-state index in [1.165, 1.54) is 25.5 Å². The van der Waals surface area contributed by atoms with Crippen molar-refractivity contribution in [2.75, 3.05) is 20.8 Å². The van der Waals surface area contributed by atoms with E-state index in [1.54, 1.807) is 25.1 Å². The summed E-state index contributed by atoms with van der Waals surface area (Å²) in [5.41, 5.74) is 0.729. The number of methoxy groups -OCH3 is 1. The highest BCUT2D eigenvalue weighted by atomic mass is 19.4. The number of halogens is 3. The monoisotopic (exact) mass is 405 g/mol. The highest BCUT2D eigenvalue weighted by Gasteiger charge is 2.45. The average Bonchev–Trinajstić information content (AvgIpc) is 2.63. The zero-order valence-electron chi connectivity index (χ0n) is 15.9. The number of alkyl halides is 3. The summed E-state index contributed by atoms with van der Waals surface area (Å²) in [5.74, 6) is -0.722. The molecule has 8 nitrogen and oxygen atoms in total. The number of nitrogens with zero attached hydrogens (tertiary/aromatic N) is 3. The summed E-state index contributed by atoms with van der Waals surface area (Å²) in [6, 6.07) is 6.17. The Balaban J connectivity index is 2.27. The van der Waals surface area contributed by atoms with E-state index >= 15 is 0 Å². The molecule has 1 aromatic rings. The van der Waals surface area contributed by atoms with Crippen molar-refractivity contribution >= 4 is 11.7 Å². The molecule has 1 heterocycles. The molecule has 1 aliphatic rings. The van der Waals surface area contributed by atoms with Gasteiger partial charge in [0.1, 0.15) is 7.11 Å². The van der Waals surface area contributed by atoms with Gasteiger partial charge in [0, 0.05) is 11.1 Å². The van der Waals surface area contributed by atoms with E-state index in [2.05, 4.69) is 14.7 Å². The smallest absolute Gasteiger partial charge is 0.413 e. The minimum Gasteiger partial charge on any atom is -0.464 e. The Morgan fingerprint density at radius 2 is 2.07 bits per heavy atom. The van der Waals surface area contributed by atoms with Crippen molar-refractivity contribution in [1.82, 2.24) is 10.3 Å². The molecule has 0 bridgehead atoms. The molecule has 0 spiro atoms. The van der Waals surface area contributed by atoms with Gasteiger partial charge in [0.05, 0.1) is 13.2 Å². The topological polar surface area (TPSA) is 72.8 Å². The fraction of sp³-hybridized carbons (Fsp3) is 0.529. The predicted molar refractivity (Wildman–Crippen MR) is 91.3 cm³/mol. The number of rotatable bonds is 8. The van der Waals surface area contributed by atoms with Crippen LogP contribution in [-0.2, 0) is 24.0 Å². The van der Waals surface area contributed by atoms with Crippen molar-refractivity contribution < 1.29 is 37.2 Å². The number of benzene rings is 1. The first-order valence-electron chi connectivity index (χ1n) is 8.46. The van der Waals surface area contributed by atoms with Crippen LogP contribution in [0.25, 0.3) is 0 Å². The van der Waals surface area contributed by atoms with Gasteiger partial charge in [-0.05, 0) is 19.4 Å². The van der Waals surface area contributed by atoms with Gasteiger partial charge >= 0.3 is 12.1 Å². The van der Waals surface area contributed by atoms with Gasteiger partial charge in [0.15, 0.2) is 18.5 Å². The van der Waals surface area contributed by atoms with Crippen LogP contribution in [-0.4, -0.2) is 55.1 Å². The van der Waals surface area contributed by atoms with Crippen molar-refractivity contribution in [2.24, 2.45) is 5.16 Å². The second-order valence-electron chi connectivity index (χ2n) is 5.95. The third-order valence-electron chi connectivity index (χ3n) is 3.94. The van der Waals surface area contributed by atoms with E-state index in [-0.39, 0.29) is 11.8 Å². The van der Waals surface area contributed by atoms with E-state index in [1.807, 2.05) is 6.92 Å². The Labute approximate surface area is 160 Å². The van der Waals surface area contributed by atoms with Crippen LogP contribution in [0.1, 0.15) is 37.6 Å². The van der Waals surface area contributed by atoms with E-state index in [0.29, 0.717) is 17.5 Å². The molecule has 0 amide bonds. The van der Waals surface area contributed by atoms with Crippen LogP contribution in [0.4, 0.5) is 13.2 Å². The van der Waals surface area contributed by atoms with Crippen LogP contribution in [0.15, 0.2) is 29.4 Å². The molecule has 0 saturated carbocycles. The molecule has 2 atom stereocenters. The normalized spacial score (nSPS) is 19.8. The number of carbonyl (C=O) groups excluding carboxylic acids is 1. The van der Waals surface area contributed by atoms with Gasteiger partial charge in [0.25, 0.3) is 0 Å². The molecule has 1 aliphatic heterocycles. The molecule has 156 valence electrons. The third kappa shape index (κ3) is 5.19. The van der Waals surface area contributed by atoms with E-state index in [9.17, 15) is 18.0 Å². The molecule has 28 heavy (non-hydrogen) atoms. The molecule has 2 rings (SSSR count). The maximum Gasteiger partial charge on any atom is 0.413 e. The van der Waals surface area contributed by atoms with Crippen molar-refractivity contribution in [3.05, 3.63) is 35.4 Å².